The normalized spacial score (nSPS) is 18.8. The molecule has 44 heavy (non-hydrogen) atoms. The van der Waals surface area contributed by atoms with Gasteiger partial charge < -0.3 is 14.7 Å². The molecular weight excluding hydrogens is 599 g/mol. The first-order valence-electron chi connectivity index (χ1n) is 14.3. The number of ether oxygens (including phenoxy) is 1. The summed E-state index contributed by atoms with van der Waals surface area (Å²) in [4.78, 5) is 44.5. The molecule has 1 amide bonds. The predicted molar refractivity (Wildman–Crippen MR) is 159 cm³/mol. The Morgan fingerprint density at radius 1 is 1.16 bits per heavy atom. The van der Waals surface area contributed by atoms with E-state index in [-0.39, 0.29) is 22.1 Å². The predicted octanol–water partition coefficient (Wildman–Crippen LogP) is 4.46. The third kappa shape index (κ3) is 6.94. The Labute approximate surface area is 256 Å². The number of nitrogens with one attached hydrogen (secondary N) is 1. The van der Waals surface area contributed by atoms with E-state index in [9.17, 15) is 27.9 Å². The van der Waals surface area contributed by atoms with E-state index in [0.717, 1.165) is 30.3 Å². The summed E-state index contributed by atoms with van der Waals surface area (Å²) in [5.74, 6) is -1.12. The maximum absolute atomic E-state index is 13.8. The molecule has 4 heterocycles. The summed E-state index contributed by atoms with van der Waals surface area (Å²) in [6, 6.07) is 3.60. The van der Waals surface area contributed by atoms with E-state index >= 15 is 0 Å². The molecule has 2 N–H and O–H groups in total. The standard InChI is InChI=1S/C29H34F3N7O4S/c1-17-5-4-8-39(17)16-23-25(19-6-7-22(43-3)20(13-19)29(30,31)32)35-28(44-23)36-26(40)21-14-34-24(15-33-21)38-11-9-37(10-12-38)18(2)27(41)42/h6-7,13-15,17-18H,4-5,8-12,16H2,1-3H3,(H,41,42)(H,35,36,40)/t17-,18?/m1/s1. The molecular formula is C29H34F3N7O4S. The monoisotopic (exact) mass is 633 g/mol. The van der Waals surface area contributed by atoms with Crippen LogP contribution in [0, 0.1) is 0 Å². The second-order valence-corrected chi connectivity index (χ2v) is 12.0. The van der Waals surface area contributed by atoms with Crippen molar-refractivity contribution in [2.45, 2.75) is 51.5 Å². The maximum Gasteiger partial charge on any atom is 0.419 e. The van der Waals surface area contributed by atoms with Gasteiger partial charge in [0.15, 0.2) is 5.13 Å². The van der Waals surface area contributed by atoms with E-state index < -0.39 is 29.7 Å². The second kappa shape index (κ2) is 13.0. The number of aliphatic carboxylic acids is 1. The van der Waals surface area contributed by atoms with Crippen LogP contribution >= 0.6 is 11.3 Å². The summed E-state index contributed by atoms with van der Waals surface area (Å²) in [5.41, 5.74) is -0.194. The number of carboxylic acid groups (broad SMARTS) is 1. The number of hydrogen-bond donors (Lipinski definition) is 2. The fourth-order valence-electron chi connectivity index (χ4n) is 5.48. The zero-order valence-electron chi connectivity index (χ0n) is 24.6. The maximum atomic E-state index is 13.8. The molecule has 2 aromatic heterocycles. The summed E-state index contributed by atoms with van der Waals surface area (Å²) < 4.78 is 46.3. The minimum Gasteiger partial charge on any atom is -0.496 e. The topological polar surface area (TPSA) is 124 Å². The van der Waals surface area contributed by atoms with Gasteiger partial charge in [-0.15, -0.1) is 0 Å². The lowest BCUT2D eigenvalue weighted by atomic mass is 10.1. The molecule has 2 saturated heterocycles. The van der Waals surface area contributed by atoms with Gasteiger partial charge in [0, 0.05) is 49.2 Å². The van der Waals surface area contributed by atoms with E-state index in [0.29, 0.717) is 50.3 Å². The van der Waals surface area contributed by atoms with Gasteiger partial charge in [0.2, 0.25) is 0 Å². The van der Waals surface area contributed by atoms with Gasteiger partial charge in [-0.2, -0.15) is 13.2 Å². The van der Waals surface area contributed by atoms with E-state index in [4.69, 9.17) is 4.74 Å². The van der Waals surface area contributed by atoms with Crippen LogP contribution in [0.1, 0.15) is 47.6 Å². The number of carbonyl (C=O) groups is 2. The number of benzene rings is 1. The summed E-state index contributed by atoms with van der Waals surface area (Å²) >= 11 is 1.22. The summed E-state index contributed by atoms with van der Waals surface area (Å²) in [7, 11) is 1.19. The molecule has 5 rings (SSSR count). The van der Waals surface area contributed by atoms with E-state index in [1.807, 2.05) is 9.80 Å². The third-order valence-electron chi connectivity index (χ3n) is 8.15. The van der Waals surface area contributed by atoms with Crippen LogP contribution in [0.3, 0.4) is 0 Å². The molecule has 0 saturated carbocycles. The molecule has 2 atom stereocenters. The van der Waals surface area contributed by atoms with Crippen LogP contribution in [0.4, 0.5) is 24.1 Å². The number of hydrogen-bond acceptors (Lipinski definition) is 10. The zero-order chi connectivity index (χ0) is 31.6. The van der Waals surface area contributed by atoms with E-state index in [1.54, 1.807) is 6.92 Å². The lowest BCUT2D eigenvalue weighted by molar-refractivity contribution is -0.142. The molecule has 15 heteroatoms. The number of halogens is 3. The molecule has 0 aliphatic carbocycles. The van der Waals surface area contributed by atoms with Gasteiger partial charge in [-0.3, -0.25) is 24.7 Å². The molecule has 11 nitrogen and oxygen atoms in total. The number of likely N-dealkylation sites (tertiary alicyclic amines) is 1. The van der Waals surface area contributed by atoms with Crippen molar-refractivity contribution in [3.8, 4) is 17.0 Å². The van der Waals surface area contributed by atoms with Crippen molar-refractivity contribution in [3.63, 3.8) is 0 Å². The van der Waals surface area contributed by atoms with E-state index in [2.05, 4.69) is 32.1 Å². The number of aromatic nitrogens is 3. The number of alkyl halides is 3. The van der Waals surface area contributed by atoms with Gasteiger partial charge in [0.1, 0.15) is 23.3 Å². The first-order valence-corrected chi connectivity index (χ1v) is 15.1. The average molecular weight is 634 g/mol. The molecule has 0 spiro atoms. The van der Waals surface area contributed by atoms with Crippen molar-refractivity contribution in [2.75, 3.05) is 50.1 Å². The molecule has 1 unspecified atom stereocenters. The Kier molecular flexibility index (Phi) is 9.37. The van der Waals surface area contributed by atoms with Gasteiger partial charge >= 0.3 is 12.1 Å². The number of carboxylic acids is 1. The molecule has 2 aliphatic heterocycles. The van der Waals surface area contributed by atoms with Crippen molar-refractivity contribution in [3.05, 3.63) is 46.7 Å². The molecule has 3 aromatic rings. The quantitative estimate of drug-likeness (QED) is 0.349. The smallest absolute Gasteiger partial charge is 0.419 e. The van der Waals surface area contributed by atoms with Crippen LogP contribution in [-0.4, -0.2) is 93.7 Å². The van der Waals surface area contributed by atoms with Crippen molar-refractivity contribution in [1.82, 2.24) is 24.8 Å². The van der Waals surface area contributed by atoms with E-state index in [1.165, 1.54) is 43.0 Å². The SMILES string of the molecule is COc1ccc(-c2nc(NC(=O)c3cnc(N4CCN(C(C)C(=O)O)CC4)cn3)sc2CN2CCC[C@H]2C)cc1C(F)(F)F. The third-order valence-corrected chi connectivity index (χ3v) is 9.10. The highest BCUT2D eigenvalue weighted by Gasteiger charge is 2.35. The van der Waals surface area contributed by atoms with Crippen molar-refractivity contribution >= 4 is 34.2 Å². The lowest BCUT2D eigenvalue weighted by Crippen LogP contribution is -2.52. The highest BCUT2D eigenvalue weighted by Crippen LogP contribution is 2.41. The lowest BCUT2D eigenvalue weighted by Gasteiger charge is -2.36. The number of piperazine rings is 1. The van der Waals surface area contributed by atoms with Crippen molar-refractivity contribution in [2.24, 2.45) is 0 Å². The Bertz CT molecular complexity index is 1490. The van der Waals surface area contributed by atoms with Crippen LogP contribution < -0.4 is 15.0 Å². The minimum absolute atomic E-state index is 0.0576. The van der Waals surface area contributed by atoms with Gasteiger partial charge in [-0.1, -0.05) is 11.3 Å². The highest BCUT2D eigenvalue weighted by atomic mass is 32.1. The Hall–Kier alpha value is -3.82. The minimum atomic E-state index is -4.62. The van der Waals surface area contributed by atoms with Gasteiger partial charge in [-0.25, -0.2) is 15.0 Å². The Balaban J connectivity index is 1.34. The number of nitrogens with zero attached hydrogens (tertiary/aromatic N) is 6. The van der Waals surface area contributed by atoms with Crippen molar-refractivity contribution in [1.29, 1.82) is 0 Å². The van der Waals surface area contributed by atoms with Gasteiger partial charge in [0.05, 0.1) is 30.8 Å². The van der Waals surface area contributed by atoms with Crippen LogP contribution in [0.2, 0.25) is 0 Å². The summed E-state index contributed by atoms with van der Waals surface area (Å²) in [6.45, 7) is 7.38. The van der Waals surface area contributed by atoms with Crippen molar-refractivity contribution < 1.29 is 32.6 Å². The number of amides is 1. The molecule has 2 aliphatic rings. The van der Waals surface area contributed by atoms with Gasteiger partial charge in [-0.05, 0) is 51.4 Å². The molecule has 0 bridgehead atoms. The second-order valence-electron chi connectivity index (χ2n) is 10.9. The summed E-state index contributed by atoms with van der Waals surface area (Å²) in [6.07, 6.45) is 0.301. The fraction of sp³-hybridized carbons (Fsp3) is 0.483. The number of methoxy groups -OCH3 is 1. The molecule has 2 fully saturated rings. The summed E-state index contributed by atoms with van der Waals surface area (Å²) in [5, 5.41) is 12.2. The van der Waals surface area contributed by atoms with Crippen LogP contribution in [0.15, 0.2) is 30.6 Å². The Morgan fingerprint density at radius 2 is 1.91 bits per heavy atom. The van der Waals surface area contributed by atoms with Crippen LogP contribution in [0.5, 0.6) is 5.75 Å². The first-order chi connectivity index (χ1) is 20.9. The average Bonchev–Trinajstić information content (AvgIpc) is 3.61. The fourth-order valence-corrected chi connectivity index (χ4v) is 6.49. The Morgan fingerprint density at radius 3 is 2.50 bits per heavy atom. The highest BCUT2D eigenvalue weighted by molar-refractivity contribution is 7.16. The molecule has 236 valence electrons. The first kappa shape index (κ1) is 31.6. The van der Waals surface area contributed by atoms with Crippen LogP contribution in [0.25, 0.3) is 11.3 Å². The molecule has 0 radical (unpaired) electrons. The largest absolute Gasteiger partial charge is 0.496 e. The molecule has 1 aromatic carbocycles. The van der Waals surface area contributed by atoms with Gasteiger partial charge in [0.25, 0.3) is 5.91 Å². The zero-order valence-corrected chi connectivity index (χ0v) is 25.4. The number of carbonyl (C=O) groups excluding carboxylic acids is 1. The number of rotatable bonds is 9. The number of thiazole rings is 1. The van der Waals surface area contributed by atoms with Crippen LogP contribution in [-0.2, 0) is 17.5 Å². The number of anilines is 2.